The molecule has 0 aromatic carbocycles. The number of hydrogen-bond acceptors (Lipinski definition) is 3. The molecule has 0 aliphatic rings. The van der Waals surface area contributed by atoms with Crippen molar-refractivity contribution in [1.29, 1.82) is 0 Å². The molecular formula is C18H26F3N5O. The van der Waals surface area contributed by atoms with E-state index in [1.807, 2.05) is 25.5 Å². The van der Waals surface area contributed by atoms with Gasteiger partial charge in [0.05, 0.1) is 18.2 Å². The van der Waals surface area contributed by atoms with Gasteiger partial charge < -0.3 is 4.90 Å². The molecule has 2 aromatic rings. The summed E-state index contributed by atoms with van der Waals surface area (Å²) < 4.78 is 41.5. The van der Waals surface area contributed by atoms with Crippen LogP contribution in [-0.2, 0) is 30.6 Å². The molecule has 0 bridgehead atoms. The molecule has 2 heterocycles. The smallest absolute Gasteiger partial charge is 0.341 e. The summed E-state index contributed by atoms with van der Waals surface area (Å²) in [6.45, 7) is 10.4. The normalized spacial score (nSPS) is 13.1. The number of nitrogens with zero attached hydrogens (tertiary/aromatic N) is 5. The molecule has 6 nitrogen and oxygen atoms in total. The van der Waals surface area contributed by atoms with Crippen molar-refractivity contribution in [1.82, 2.24) is 24.5 Å². The summed E-state index contributed by atoms with van der Waals surface area (Å²) in [5.41, 5.74) is 2.32. The summed E-state index contributed by atoms with van der Waals surface area (Å²) in [4.78, 5) is 14.3. The Hall–Kier alpha value is -2.32. The third-order valence-corrected chi connectivity index (χ3v) is 4.74. The van der Waals surface area contributed by atoms with Crippen LogP contribution < -0.4 is 0 Å². The number of carbonyl (C=O) groups is 1. The first-order chi connectivity index (χ1) is 12.5. The summed E-state index contributed by atoms with van der Waals surface area (Å²) >= 11 is 0. The lowest BCUT2D eigenvalue weighted by atomic mass is 10.1. The zero-order chi connectivity index (χ0) is 20.5. The van der Waals surface area contributed by atoms with Gasteiger partial charge in [0.1, 0.15) is 0 Å². The van der Waals surface area contributed by atoms with Crippen LogP contribution in [0.1, 0.15) is 42.2 Å². The Morgan fingerprint density at radius 3 is 2.33 bits per heavy atom. The number of carbonyl (C=O) groups excluding carboxylic acids is 1. The van der Waals surface area contributed by atoms with Gasteiger partial charge in [0.2, 0.25) is 5.91 Å². The highest BCUT2D eigenvalue weighted by Gasteiger charge is 2.34. The van der Waals surface area contributed by atoms with E-state index < -0.39 is 17.8 Å². The van der Waals surface area contributed by atoms with Crippen LogP contribution in [0.5, 0.6) is 0 Å². The van der Waals surface area contributed by atoms with Crippen LogP contribution in [0.15, 0.2) is 6.07 Å². The van der Waals surface area contributed by atoms with Crippen LogP contribution in [0, 0.1) is 26.7 Å². The number of amides is 1. The van der Waals surface area contributed by atoms with E-state index in [-0.39, 0.29) is 12.5 Å². The SMILES string of the molecule is CCn1nc(C)c(CN(C)C(=O)C(C)Cn2nc(C(F)(F)F)cc2C)c1C. The highest BCUT2D eigenvalue weighted by Crippen LogP contribution is 2.28. The molecule has 1 amide bonds. The molecule has 0 saturated heterocycles. The molecule has 150 valence electrons. The lowest BCUT2D eigenvalue weighted by Gasteiger charge is -2.22. The molecule has 0 aliphatic carbocycles. The lowest BCUT2D eigenvalue weighted by molar-refractivity contribution is -0.141. The summed E-state index contributed by atoms with van der Waals surface area (Å²) in [6, 6.07) is 0.993. The van der Waals surface area contributed by atoms with Crippen LogP contribution in [-0.4, -0.2) is 37.4 Å². The minimum atomic E-state index is -4.49. The maximum absolute atomic E-state index is 12.8. The monoisotopic (exact) mass is 385 g/mol. The van der Waals surface area contributed by atoms with Crippen LogP contribution in [0.3, 0.4) is 0 Å². The van der Waals surface area contributed by atoms with Gasteiger partial charge in [-0.15, -0.1) is 0 Å². The third-order valence-electron chi connectivity index (χ3n) is 4.74. The van der Waals surface area contributed by atoms with Crippen molar-refractivity contribution >= 4 is 5.91 Å². The van der Waals surface area contributed by atoms with Gasteiger partial charge in [-0.05, 0) is 33.8 Å². The van der Waals surface area contributed by atoms with E-state index in [9.17, 15) is 18.0 Å². The molecule has 27 heavy (non-hydrogen) atoms. The Morgan fingerprint density at radius 1 is 1.22 bits per heavy atom. The molecule has 0 saturated carbocycles. The Bertz CT molecular complexity index is 822. The number of halogens is 3. The Kier molecular flexibility index (Phi) is 6.01. The zero-order valence-electron chi connectivity index (χ0n) is 16.6. The van der Waals surface area contributed by atoms with Crippen molar-refractivity contribution in [3.05, 3.63) is 34.4 Å². The van der Waals surface area contributed by atoms with Gasteiger partial charge >= 0.3 is 6.18 Å². The fraction of sp³-hybridized carbons (Fsp3) is 0.611. The summed E-state index contributed by atoms with van der Waals surface area (Å²) in [5, 5.41) is 8.05. The van der Waals surface area contributed by atoms with Crippen LogP contribution in [0.25, 0.3) is 0 Å². The number of aromatic nitrogens is 4. The first kappa shape index (κ1) is 21.0. The largest absolute Gasteiger partial charge is 0.435 e. The molecule has 0 aliphatic heterocycles. The van der Waals surface area contributed by atoms with E-state index in [0.29, 0.717) is 12.2 Å². The van der Waals surface area contributed by atoms with Crippen molar-refractivity contribution in [3.63, 3.8) is 0 Å². The molecule has 0 spiro atoms. The quantitative estimate of drug-likeness (QED) is 0.766. The van der Waals surface area contributed by atoms with Crippen molar-refractivity contribution in [2.24, 2.45) is 5.92 Å². The number of aryl methyl sites for hydroxylation is 3. The molecule has 0 fully saturated rings. The van der Waals surface area contributed by atoms with Crippen LogP contribution >= 0.6 is 0 Å². The van der Waals surface area contributed by atoms with Crippen LogP contribution in [0.4, 0.5) is 13.2 Å². The molecule has 0 radical (unpaired) electrons. The van der Waals surface area contributed by atoms with Crippen molar-refractivity contribution in [3.8, 4) is 0 Å². The summed E-state index contributed by atoms with van der Waals surface area (Å²) in [5.74, 6) is -0.655. The molecule has 0 N–H and O–H groups in total. The number of hydrogen-bond donors (Lipinski definition) is 0. The van der Waals surface area contributed by atoms with Crippen molar-refractivity contribution in [2.45, 2.75) is 60.4 Å². The first-order valence-corrected chi connectivity index (χ1v) is 8.85. The zero-order valence-corrected chi connectivity index (χ0v) is 16.6. The van der Waals surface area contributed by atoms with Gasteiger partial charge in [0.25, 0.3) is 0 Å². The predicted molar refractivity (Wildman–Crippen MR) is 95.0 cm³/mol. The second-order valence-electron chi connectivity index (χ2n) is 6.91. The van der Waals surface area contributed by atoms with E-state index >= 15 is 0 Å². The van der Waals surface area contributed by atoms with E-state index in [1.54, 1.807) is 25.8 Å². The maximum Gasteiger partial charge on any atom is 0.435 e. The van der Waals surface area contributed by atoms with E-state index in [1.165, 1.54) is 4.68 Å². The fourth-order valence-corrected chi connectivity index (χ4v) is 3.13. The Morgan fingerprint density at radius 2 is 1.85 bits per heavy atom. The van der Waals surface area contributed by atoms with Gasteiger partial charge in [0, 0.05) is 37.1 Å². The first-order valence-electron chi connectivity index (χ1n) is 8.85. The van der Waals surface area contributed by atoms with Crippen LogP contribution in [0.2, 0.25) is 0 Å². The highest BCUT2D eigenvalue weighted by molar-refractivity contribution is 5.78. The molecule has 1 atom stereocenters. The standard InChI is InChI=1S/C18H26F3N5O/c1-7-25-14(5)15(13(4)22-25)10-24(6)17(27)11(2)9-26-12(3)8-16(23-26)18(19,20)21/h8,11H,7,9-10H2,1-6H3. The molecular weight excluding hydrogens is 359 g/mol. The average molecular weight is 385 g/mol. The predicted octanol–water partition coefficient (Wildman–Crippen LogP) is 3.34. The van der Waals surface area contributed by atoms with Crippen molar-refractivity contribution < 1.29 is 18.0 Å². The summed E-state index contributed by atoms with van der Waals surface area (Å²) in [6.07, 6.45) is -4.49. The van der Waals surface area contributed by atoms with Crippen molar-refractivity contribution in [2.75, 3.05) is 7.05 Å². The topological polar surface area (TPSA) is 56.0 Å². The molecule has 1 unspecified atom stereocenters. The van der Waals surface area contributed by atoms with Gasteiger partial charge in [-0.2, -0.15) is 23.4 Å². The minimum Gasteiger partial charge on any atom is -0.341 e. The molecule has 2 rings (SSSR count). The fourth-order valence-electron chi connectivity index (χ4n) is 3.13. The maximum atomic E-state index is 12.8. The Labute approximate surface area is 157 Å². The average Bonchev–Trinajstić information content (AvgIpc) is 3.08. The van der Waals surface area contributed by atoms with Gasteiger partial charge in [-0.3, -0.25) is 14.2 Å². The number of rotatable bonds is 6. The molecule has 9 heteroatoms. The number of alkyl halides is 3. The molecule has 2 aromatic heterocycles. The van der Waals surface area contributed by atoms with E-state index in [4.69, 9.17) is 0 Å². The van der Waals surface area contributed by atoms with Gasteiger partial charge in [-0.25, -0.2) is 0 Å². The van der Waals surface area contributed by atoms with E-state index in [0.717, 1.165) is 29.6 Å². The van der Waals surface area contributed by atoms with Gasteiger partial charge in [-0.1, -0.05) is 6.92 Å². The third kappa shape index (κ3) is 4.51. The second-order valence-corrected chi connectivity index (χ2v) is 6.91. The van der Waals surface area contributed by atoms with E-state index in [2.05, 4.69) is 10.2 Å². The highest BCUT2D eigenvalue weighted by atomic mass is 19.4. The minimum absolute atomic E-state index is 0.0945. The Balaban J connectivity index is 2.09. The second kappa shape index (κ2) is 7.74. The van der Waals surface area contributed by atoms with Gasteiger partial charge in [0.15, 0.2) is 5.69 Å². The lowest BCUT2D eigenvalue weighted by Crippen LogP contribution is -2.34. The summed E-state index contributed by atoms with van der Waals surface area (Å²) in [7, 11) is 1.69.